The van der Waals surface area contributed by atoms with Crippen LogP contribution in [0.15, 0.2) is 0 Å². The van der Waals surface area contributed by atoms with Crippen LogP contribution in [0.2, 0.25) is 0 Å². The monoisotopic (exact) mass is 228 g/mol. The lowest BCUT2D eigenvalue weighted by molar-refractivity contribution is -0.141. The second-order valence-corrected chi connectivity index (χ2v) is 5.02. The third-order valence-electron chi connectivity index (χ3n) is 1.57. The Morgan fingerprint density at radius 3 is 2.77 bits per heavy atom. The molecule has 78 valence electrons. The van der Waals surface area contributed by atoms with Crippen LogP contribution in [0.1, 0.15) is 13.8 Å². The molecule has 0 N–H and O–H groups in total. The first kappa shape index (κ1) is 11.6. The first-order valence-corrected chi connectivity index (χ1v) is 6.06. The van der Waals surface area contributed by atoms with Crippen LogP contribution in [0.3, 0.4) is 0 Å². The molecule has 0 aromatic heterocycles. The zero-order valence-electron chi connectivity index (χ0n) is 7.95. The van der Waals surface area contributed by atoms with Crippen molar-refractivity contribution in [2.75, 3.05) is 20.3 Å². The van der Waals surface area contributed by atoms with Crippen LogP contribution in [-0.2, 0) is 18.5 Å². The third-order valence-corrected chi connectivity index (χ3v) is 2.92. The molecule has 0 saturated carbocycles. The number of ether oxygens (including phenoxy) is 2. The molecule has 0 aliphatic carbocycles. The second-order valence-electron chi connectivity index (χ2n) is 3.14. The molecule has 4 nitrogen and oxygen atoms in total. The van der Waals surface area contributed by atoms with Crippen LogP contribution in [0.5, 0.6) is 0 Å². The minimum absolute atomic E-state index is 0.0473. The summed E-state index contributed by atoms with van der Waals surface area (Å²) in [5.74, 6) is -0.504. The molecule has 0 spiro atoms. The van der Waals surface area contributed by atoms with Crippen LogP contribution in [0, 0.1) is 0 Å². The fraction of sp³-hybridized carbons (Fsp3) is 1.00. The standard InChI is InChI=1S/C7H14ClO4P/c1-7(2)10-4-6(12-7)5-11-13(8)9-3/h6H,4-5H2,1-3H3. The Hall–Kier alpha value is 0.560. The van der Waals surface area contributed by atoms with Crippen molar-refractivity contribution in [1.29, 1.82) is 0 Å². The molecule has 2 unspecified atom stereocenters. The van der Waals surface area contributed by atoms with Gasteiger partial charge in [-0.15, -0.1) is 0 Å². The van der Waals surface area contributed by atoms with Gasteiger partial charge in [-0.3, -0.25) is 0 Å². The number of halogens is 1. The van der Waals surface area contributed by atoms with E-state index in [2.05, 4.69) is 0 Å². The summed E-state index contributed by atoms with van der Waals surface area (Å²) in [6, 6.07) is 0. The van der Waals surface area contributed by atoms with Crippen LogP contribution >= 0.6 is 19.0 Å². The van der Waals surface area contributed by atoms with Gasteiger partial charge in [-0.05, 0) is 25.1 Å². The summed E-state index contributed by atoms with van der Waals surface area (Å²) in [5.41, 5.74) is 0. The molecule has 0 aromatic carbocycles. The molecule has 13 heavy (non-hydrogen) atoms. The van der Waals surface area contributed by atoms with E-state index in [4.69, 9.17) is 29.8 Å². The Morgan fingerprint density at radius 1 is 1.62 bits per heavy atom. The van der Waals surface area contributed by atoms with E-state index in [0.29, 0.717) is 13.2 Å². The molecule has 1 heterocycles. The largest absolute Gasteiger partial charge is 0.348 e. The topological polar surface area (TPSA) is 36.9 Å². The number of rotatable bonds is 4. The molecule has 1 aliphatic rings. The molecule has 0 aromatic rings. The lowest BCUT2D eigenvalue weighted by Gasteiger charge is -2.17. The van der Waals surface area contributed by atoms with E-state index in [-0.39, 0.29) is 6.10 Å². The summed E-state index contributed by atoms with van der Waals surface area (Å²) < 4.78 is 20.8. The summed E-state index contributed by atoms with van der Waals surface area (Å²) >= 11 is 5.64. The molecule has 0 bridgehead atoms. The van der Waals surface area contributed by atoms with Crippen molar-refractivity contribution < 1.29 is 18.5 Å². The Labute approximate surface area is 84.1 Å². The fourth-order valence-electron chi connectivity index (χ4n) is 1.04. The van der Waals surface area contributed by atoms with E-state index in [0.717, 1.165) is 0 Å². The average Bonchev–Trinajstić information content (AvgIpc) is 2.41. The van der Waals surface area contributed by atoms with Gasteiger partial charge in [-0.25, -0.2) is 0 Å². The van der Waals surface area contributed by atoms with E-state index < -0.39 is 13.5 Å². The van der Waals surface area contributed by atoms with Crippen LogP contribution < -0.4 is 0 Å². The maximum absolute atomic E-state index is 5.64. The highest BCUT2D eigenvalue weighted by molar-refractivity contribution is 7.76. The van der Waals surface area contributed by atoms with Crippen LogP contribution in [0.4, 0.5) is 0 Å². The SMILES string of the molecule is COP(Cl)OCC1COC(C)(C)O1. The summed E-state index contributed by atoms with van der Waals surface area (Å²) in [6.45, 7) is 4.68. The Morgan fingerprint density at radius 2 is 2.31 bits per heavy atom. The molecule has 0 amide bonds. The van der Waals surface area contributed by atoms with Gasteiger partial charge >= 0.3 is 0 Å². The molecule has 6 heteroatoms. The molecule has 1 aliphatic heterocycles. The van der Waals surface area contributed by atoms with Gasteiger partial charge < -0.3 is 18.5 Å². The highest BCUT2D eigenvalue weighted by Crippen LogP contribution is 2.43. The van der Waals surface area contributed by atoms with Gasteiger partial charge in [-0.2, -0.15) is 0 Å². The molecular formula is C7H14ClO4P. The molecule has 1 rings (SSSR count). The van der Waals surface area contributed by atoms with E-state index in [9.17, 15) is 0 Å². The summed E-state index contributed by atoms with van der Waals surface area (Å²) in [7, 11) is 0.220. The maximum atomic E-state index is 5.64. The smallest absolute Gasteiger partial charge is 0.276 e. The van der Waals surface area contributed by atoms with Gasteiger partial charge in [0.05, 0.1) is 13.2 Å². The summed E-state index contributed by atoms with van der Waals surface area (Å²) in [6.07, 6.45) is -0.0473. The minimum atomic E-state index is -1.29. The molecule has 1 fully saturated rings. The number of hydrogen-bond donors (Lipinski definition) is 0. The van der Waals surface area contributed by atoms with Crippen LogP contribution in [-0.4, -0.2) is 32.2 Å². The third kappa shape index (κ3) is 4.07. The second kappa shape index (κ2) is 4.87. The molecule has 2 atom stereocenters. The van der Waals surface area contributed by atoms with Gasteiger partial charge in [0.15, 0.2) is 5.79 Å². The highest BCUT2D eigenvalue weighted by atomic mass is 35.7. The fourth-order valence-corrected chi connectivity index (χ4v) is 1.60. The molecular weight excluding hydrogens is 214 g/mol. The summed E-state index contributed by atoms with van der Waals surface area (Å²) in [4.78, 5) is 0. The van der Waals surface area contributed by atoms with Crippen molar-refractivity contribution in [2.24, 2.45) is 0 Å². The highest BCUT2D eigenvalue weighted by Gasteiger charge is 2.33. The van der Waals surface area contributed by atoms with Crippen molar-refractivity contribution in [1.82, 2.24) is 0 Å². The maximum Gasteiger partial charge on any atom is 0.276 e. The van der Waals surface area contributed by atoms with E-state index >= 15 is 0 Å². The zero-order chi connectivity index (χ0) is 9.90. The minimum Gasteiger partial charge on any atom is -0.348 e. The molecule has 1 saturated heterocycles. The Balaban J connectivity index is 2.17. The van der Waals surface area contributed by atoms with Crippen molar-refractivity contribution in [3.05, 3.63) is 0 Å². The lowest BCUT2D eigenvalue weighted by Crippen LogP contribution is -2.23. The van der Waals surface area contributed by atoms with Crippen molar-refractivity contribution in [3.63, 3.8) is 0 Å². The van der Waals surface area contributed by atoms with E-state index in [1.807, 2.05) is 13.8 Å². The predicted molar refractivity (Wildman–Crippen MR) is 50.6 cm³/mol. The Kier molecular flexibility index (Phi) is 4.36. The first-order valence-electron chi connectivity index (χ1n) is 3.98. The van der Waals surface area contributed by atoms with Gasteiger partial charge in [0, 0.05) is 7.11 Å². The van der Waals surface area contributed by atoms with Gasteiger partial charge in [0.2, 0.25) is 0 Å². The summed E-state index contributed by atoms with van der Waals surface area (Å²) in [5, 5.41) is 0. The average molecular weight is 229 g/mol. The number of hydrogen-bond acceptors (Lipinski definition) is 4. The zero-order valence-corrected chi connectivity index (χ0v) is 9.60. The van der Waals surface area contributed by atoms with E-state index in [1.54, 1.807) is 0 Å². The van der Waals surface area contributed by atoms with Gasteiger partial charge in [0.25, 0.3) is 7.73 Å². The van der Waals surface area contributed by atoms with Gasteiger partial charge in [0.1, 0.15) is 6.10 Å². The van der Waals surface area contributed by atoms with Crippen LogP contribution in [0.25, 0.3) is 0 Å². The van der Waals surface area contributed by atoms with Crippen molar-refractivity contribution >= 4 is 19.0 Å². The molecule has 0 radical (unpaired) electrons. The first-order chi connectivity index (χ1) is 6.03. The lowest BCUT2D eigenvalue weighted by atomic mass is 10.4. The van der Waals surface area contributed by atoms with Crippen molar-refractivity contribution in [2.45, 2.75) is 25.7 Å². The Bertz CT molecular complexity index is 167. The van der Waals surface area contributed by atoms with Crippen molar-refractivity contribution in [3.8, 4) is 0 Å². The quantitative estimate of drug-likeness (QED) is 0.692. The van der Waals surface area contributed by atoms with E-state index in [1.165, 1.54) is 7.11 Å². The van der Waals surface area contributed by atoms with Gasteiger partial charge in [-0.1, -0.05) is 0 Å². The predicted octanol–water partition coefficient (Wildman–Crippen LogP) is 2.27. The normalized spacial score (nSPS) is 29.1.